The van der Waals surface area contributed by atoms with Crippen LogP contribution in [0.1, 0.15) is 25.3 Å². The van der Waals surface area contributed by atoms with Crippen molar-refractivity contribution in [2.24, 2.45) is 0 Å². The van der Waals surface area contributed by atoms with Crippen molar-refractivity contribution in [3.05, 3.63) is 47.3 Å². The molecule has 8 nitrogen and oxygen atoms in total. The van der Waals surface area contributed by atoms with E-state index >= 15 is 0 Å². The molecular weight excluding hydrogens is 366 g/mol. The number of aromatic nitrogens is 4. The Morgan fingerprint density at radius 3 is 2.78 bits per heavy atom. The summed E-state index contributed by atoms with van der Waals surface area (Å²) >= 11 is 1.48. The number of hydrogen-bond acceptors (Lipinski definition) is 7. The molecule has 1 N–H and O–H groups in total. The predicted octanol–water partition coefficient (Wildman–Crippen LogP) is 2.71. The second-order valence-electron chi connectivity index (χ2n) is 6.07. The summed E-state index contributed by atoms with van der Waals surface area (Å²) in [6, 6.07) is 11.3. The molecule has 3 aromatic rings. The Hall–Kier alpha value is -3.07. The molecule has 2 heterocycles. The SMILES string of the molecule is CC(C)c1ccccc1NC(=O)COC(=O)Cn1nnc(-c2cccs2)n1. The first kappa shape index (κ1) is 18.7. The number of anilines is 1. The van der Waals surface area contributed by atoms with E-state index < -0.39 is 11.9 Å². The van der Waals surface area contributed by atoms with Gasteiger partial charge in [0.25, 0.3) is 5.91 Å². The zero-order valence-corrected chi connectivity index (χ0v) is 15.8. The number of thiophene rings is 1. The van der Waals surface area contributed by atoms with Crippen molar-refractivity contribution in [2.45, 2.75) is 26.3 Å². The van der Waals surface area contributed by atoms with Gasteiger partial charge in [0.2, 0.25) is 5.82 Å². The maximum atomic E-state index is 12.1. The Bertz CT molecular complexity index is 921. The standard InChI is InChI=1S/C18H19N5O3S/c1-12(2)13-6-3-4-7-14(13)19-16(24)11-26-17(25)10-23-21-18(20-22-23)15-8-5-9-27-15/h3-9,12H,10-11H2,1-2H3,(H,19,24). The van der Waals surface area contributed by atoms with Crippen LogP contribution < -0.4 is 5.32 Å². The number of carbonyl (C=O) groups excluding carboxylic acids is 2. The molecule has 0 saturated carbocycles. The van der Waals surface area contributed by atoms with Crippen LogP contribution in [0.5, 0.6) is 0 Å². The number of para-hydroxylation sites is 1. The minimum atomic E-state index is -0.613. The topological polar surface area (TPSA) is 99.0 Å². The molecule has 0 aliphatic heterocycles. The lowest BCUT2D eigenvalue weighted by Crippen LogP contribution is -2.24. The molecule has 1 aromatic carbocycles. The van der Waals surface area contributed by atoms with E-state index in [4.69, 9.17) is 4.74 Å². The molecule has 0 saturated heterocycles. The quantitative estimate of drug-likeness (QED) is 0.628. The van der Waals surface area contributed by atoms with E-state index in [2.05, 4.69) is 20.7 Å². The van der Waals surface area contributed by atoms with Crippen LogP contribution in [0, 0.1) is 0 Å². The van der Waals surface area contributed by atoms with Gasteiger partial charge >= 0.3 is 5.97 Å². The lowest BCUT2D eigenvalue weighted by molar-refractivity contribution is -0.148. The molecule has 140 valence electrons. The zero-order chi connectivity index (χ0) is 19.2. The Morgan fingerprint density at radius 2 is 2.04 bits per heavy atom. The van der Waals surface area contributed by atoms with Crippen molar-refractivity contribution >= 4 is 28.9 Å². The van der Waals surface area contributed by atoms with Crippen molar-refractivity contribution in [1.82, 2.24) is 20.2 Å². The van der Waals surface area contributed by atoms with Crippen molar-refractivity contribution in [3.63, 3.8) is 0 Å². The molecule has 9 heteroatoms. The maximum Gasteiger partial charge on any atom is 0.330 e. The first-order valence-electron chi connectivity index (χ1n) is 8.39. The van der Waals surface area contributed by atoms with E-state index in [-0.39, 0.29) is 19.1 Å². The monoisotopic (exact) mass is 385 g/mol. The minimum absolute atomic E-state index is 0.214. The van der Waals surface area contributed by atoms with E-state index in [0.717, 1.165) is 15.2 Å². The van der Waals surface area contributed by atoms with Crippen LogP contribution in [-0.2, 0) is 20.9 Å². The van der Waals surface area contributed by atoms with Crippen LogP contribution in [0.3, 0.4) is 0 Å². The molecular formula is C18H19N5O3S. The normalized spacial score (nSPS) is 10.8. The lowest BCUT2D eigenvalue weighted by Gasteiger charge is -2.13. The minimum Gasteiger partial charge on any atom is -0.454 e. The Balaban J connectivity index is 1.50. The number of ether oxygens (including phenoxy) is 1. The van der Waals surface area contributed by atoms with E-state index in [9.17, 15) is 9.59 Å². The van der Waals surface area contributed by atoms with Gasteiger partial charge in [-0.25, -0.2) is 4.79 Å². The largest absolute Gasteiger partial charge is 0.454 e. The molecule has 3 rings (SSSR count). The number of nitrogens with zero attached hydrogens (tertiary/aromatic N) is 4. The number of carbonyl (C=O) groups is 2. The highest BCUT2D eigenvalue weighted by atomic mass is 32.1. The van der Waals surface area contributed by atoms with Gasteiger partial charge in [-0.15, -0.1) is 21.5 Å². The van der Waals surface area contributed by atoms with Crippen LogP contribution in [0.2, 0.25) is 0 Å². The molecule has 0 fully saturated rings. The van der Waals surface area contributed by atoms with Crippen LogP contribution in [0.15, 0.2) is 41.8 Å². The number of tetrazole rings is 1. The summed E-state index contributed by atoms with van der Waals surface area (Å²) < 4.78 is 5.00. The van der Waals surface area contributed by atoms with E-state index in [0.29, 0.717) is 11.5 Å². The smallest absolute Gasteiger partial charge is 0.330 e. The van der Waals surface area contributed by atoms with E-state index in [1.165, 1.54) is 11.3 Å². The van der Waals surface area contributed by atoms with Gasteiger partial charge < -0.3 is 10.1 Å². The highest BCUT2D eigenvalue weighted by Gasteiger charge is 2.14. The van der Waals surface area contributed by atoms with Crippen molar-refractivity contribution in [1.29, 1.82) is 0 Å². The average Bonchev–Trinajstić information content (AvgIpc) is 3.32. The highest BCUT2D eigenvalue weighted by Crippen LogP contribution is 2.23. The number of rotatable bonds is 7. The fraction of sp³-hybridized carbons (Fsp3) is 0.278. The van der Waals surface area contributed by atoms with Crippen LogP contribution in [0.25, 0.3) is 10.7 Å². The van der Waals surface area contributed by atoms with Crippen molar-refractivity contribution in [2.75, 3.05) is 11.9 Å². The van der Waals surface area contributed by atoms with Crippen LogP contribution in [-0.4, -0.2) is 38.7 Å². The van der Waals surface area contributed by atoms with Crippen LogP contribution in [0.4, 0.5) is 5.69 Å². The number of nitrogens with one attached hydrogen (secondary N) is 1. The Labute approximate surface area is 160 Å². The Kier molecular flexibility index (Phi) is 5.92. The molecule has 1 amide bonds. The number of hydrogen-bond donors (Lipinski definition) is 1. The first-order valence-corrected chi connectivity index (χ1v) is 9.27. The highest BCUT2D eigenvalue weighted by molar-refractivity contribution is 7.13. The molecule has 0 atom stereocenters. The predicted molar refractivity (Wildman–Crippen MR) is 101 cm³/mol. The summed E-state index contributed by atoms with van der Waals surface area (Å²) in [6.07, 6.45) is 0. The summed E-state index contributed by atoms with van der Waals surface area (Å²) in [7, 11) is 0. The summed E-state index contributed by atoms with van der Waals surface area (Å²) in [4.78, 5) is 26.0. The van der Waals surface area contributed by atoms with Gasteiger partial charge in [0.1, 0.15) is 0 Å². The van der Waals surface area contributed by atoms with Gasteiger partial charge in [0.15, 0.2) is 13.2 Å². The molecule has 0 spiro atoms. The van der Waals surface area contributed by atoms with E-state index in [1.54, 1.807) is 0 Å². The third kappa shape index (κ3) is 4.98. The summed E-state index contributed by atoms with van der Waals surface area (Å²) in [5.74, 6) is -0.305. The molecule has 0 bridgehead atoms. The molecule has 0 radical (unpaired) electrons. The van der Waals surface area contributed by atoms with Gasteiger partial charge in [-0.1, -0.05) is 38.1 Å². The number of esters is 1. The van der Waals surface area contributed by atoms with Gasteiger partial charge in [-0.2, -0.15) is 4.80 Å². The average molecular weight is 385 g/mol. The maximum absolute atomic E-state index is 12.1. The second-order valence-corrected chi connectivity index (χ2v) is 7.02. The fourth-order valence-electron chi connectivity index (χ4n) is 2.42. The van der Waals surface area contributed by atoms with Crippen molar-refractivity contribution < 1.29 is 14.3 Å². The molecule has 2 aromatic heterocycles. The molecule has 0 aliphatic rings. The molecule has 27 heavy (non-hydrogen) atoms. The lowest BCUT2D eigenvalue weighted by atomic mass is 10.0. The summed E-state index contributed by atoms with van der Waals surface area (Å²) in [6.45, 7) is 3.49. The molecule has 0 aliphatic carbocycles. The number of amides is 1. The number of benzene rings is 1. The molecule has 0 unspecified atom stereocenters. The fourth-order valence-corrected chi connectivity index (χ4v) is 3.07. The van der Waals surface area contributed by atoms with Crippen molar-refractivity contribution in [3.8, 4) is 10.7 Å². The Morgan fingerprint density at radius 1 is 1.22 bits per heavy atom. The van der Waals surface area contributed by atoms with E-state index in [1.807, 2.05) is 55.6 Å². The zero-order valence-electron chi connectivity index (χ0n) is 15.0. The summed E-state index contributed by atoms with van der Waals surface area (Å²) in [5, 5.41) is 16.5. The van der Waals surface area contributed by atoms with Crippen LogP contribution >= 0.6 is 11.3 Å². The first-order chi connectivity index (χ1) is 13.0. The van der Waals surface area contributed by atoms with Gasteiger partial charge in [-0.05, 0) is 34.2 Å². The third-order valence-corrected chi connectivity index (χ3v) is 4.55. The van der Waals surface area contributed by atoms with Gasteiger partial charge in [0.05, 0.1) is 4.88 Å². The second kappa shape index (κ2) is 8.54. The summed E-state index contributed by atoms with van der Waals surface area (Å²) in [5.41, 5.74) is 1.73. The van der Waals surface area contributed by atoms with Gasteiger partial charge in [-0.3, -0.25) is 4.79 Å². The third-order valence-electron chi connectivity index (χ3n) is 3.69. The van der Waals surface area contributed by atoms with Gasteiger partial charge in [0, 0.05) is 5.69 Å².